The number of hydrogen-bond donors (Lipinski definition) is 0. The molecule has 0 spiro atoms. The fourth-order valence-electron chi connectivity index (χ4n) is 8.91. The fraction of sp³-hybridized carbons (Fsp3) is 0. The maximum Gasteiger partial charge on any atom is 0.146 e. The summed E-state index contributed by atoms with van der Waals surface area (Å²) < 4.78 is 4.90. The lowest BCUT2D eigenvalue weighted by Gasteiger charge is -2.26. The molecule has 0 aliphatic rings. The quantitative estimate of drug-likeness (QED) is 0.196. The molecular formula is C45H26N4. The van der Waals surface area contributed by atoms with Crippen molar-refractivity contribution >= 4 is 104 Å². The number of rotatable bonds is 3. The molecule has 0 amide bonds. The minimum Gasteiger partial charge on any atom is -0.308 e. The van der Waals surface area contributed by atoms with E-state index < -0.39 is 0 Å². The predicted molar refractivity (Wildman–Crippen MR) is 206 cm³/mol. The molecule has 12 aromatic rings. The van der Waals surface area contributed by atoms with Crippen molar-refractivity contribution in [3.63, 3.8) is 0 Å². The van der Waals surface area contributed by atoms with Gasteiger partial charge in [0.25, 0.3) is 0 Å². The second kappa shape index (κ2) is 9.03. The third-order valence-electron chi connectivity index (χ3n) is 10.7. The highest BCUT2D eigenvalue weighted by Crippen LogP contribution is 2.49. The van der Waals surface area contributed by atoms with Crippen LogP contribution in [0.2, 0.25) is 0 Å². The molecule has 5 aromatic heterocycles. The van der Waals surface area contributed by atoms with Crippen LogP contribution in [0.4, 0.5) is 17.1 Å². The molecule has 7 aromatic carbocycles. The van der Waals surface area contributed by atoms with Gasteiger partial charge in [0.1, 0.15) is 5.65 Å². The van der Waals surface area contributed by atoms with E-state index in [0.717, 1.165) is 33.7 Å². The van der Waals surface area contributed by atoms with Crippen molar-refractivity contribution < 1.29 is 0 Å². The number of benzene rings is 7. The van der Waals surface area contributed by atoms with E-state index >= 15 is 0 Å². The Hall–Kier alpha value is -6.65. The van der Waals surface area contributed by atoms with Crippen LogP contribution in [0, 0.1) is 0 Å². The van der Waals surface area contributed by atoms with Gasteiger partial charge >= 0.3 is 0 Å². The van der Waals surface area contributed by atoms with Gasteiger partial charge in [0.2, 0.25) is 0 Å². The summed E-state index contributed by atoms with van der Waals surface area (Å²) in [7, 11) is 0. The van der Waals surface area contributed by atoms with Gasteiger partial charge in [-0.3, -0.25) is 4.40 Å². The van der Waals surface area contributed by atoms with E-state index in [-0.39, 0.29) is 0 Å². The second-order valence-corrected chi connectivity index (χ2v) is 13.2. The number of fused-ring (bicyclic) bond motifs is 15. The fourth-order valence-corrected chi connectivity index (χ4v) is 8.91. The van der Waals surface area contributed by atoms with Crippen LogP contribution >= 0.6 is 0 Å². The van der Waals surface area contributed by atoms with Gasteiger partial charge in [0.05, 0.1) is 39.5 Å². The topological polar surface area (TPSA) is 24.9 Å². The average Bonchev–Trinajstić information content (AvgIpc) is 3.89. The predicted octanol–water partition coefficient (Wildman–Crippen LogP) is 12.0. The molecule has 0 aliphatic heterocycles. The summed E-state index contributed by atoms with van der Waals surface area (Å²) in [5, 5.41) is 12.6. The van der Waals surface area contributed by atoms with E-state index in [1.54, 1.807) is 0 Å². The van der Waals surface area contributed by atoms with E-state index in [0.29, 0.717) is 0 Å². The minimum absolute atomic E-state index is 0.991. The van der Waals surface area contributed by atoms with Gasteiger partial charge in [-0.15, -0.1) is 0 Å². The van der Waals surface area contributed by atoms with Crippen LogP contribution in [0.3, 0.4) is 0 Å². The summed E-state index contributed by atoms with van der Waals surface area (Å²) in [6.45, 7) is 0. The van der Waals surface area contributed by atoms with Crippen LogP contribution in [0.25, 0.3) is 87.1 Å². The SMILES string of the molecule is c1ccc(N(c2ccccc2)c2cccc3c4cccc5c6c7c8cc9ccccc9c9c%10ccccc%10n(c7cnc6n(c23)c45)c89)cc1. The summed E-state index contributed by atoms with van der Waals surface area (Å²) in [5.41, 5.74) is 10.4. The first-order valence-corrected chi connectivity index (χ1v) is 16.8. The number of anilines is 3. The molecule has 4 nitrogen and oxygen atoms in total. The van der Waals surface area contributed by atoms with E-state index in [2.05, 4.69) is 172 Å². The lowest BCUT2D eigenvalue weighted by Crippen LogP contribution is -2.10. The first-order chi connectivity index (χ1) is 24.4. The maximum atomic E-state index is 5.39. The highest BCUT2D eigenvalue weighted by molar-refractivity contribution is 6.38. The molecule has 226 valence electrons. The first-order valence-electron chi connectivity index (χ1n) is 16.8. The van der Waals surface area contributed by atoms with Crippen molar-refractivity contribution in [1.82, 2.24) is 13.8 Å². The Kier molecular flexibility index (Phi) is 4.69. The summed E-state index contributed by atoms with van der Waals surface area (Å²) in [5.74, 6) is 0. The Balaban J connectivity index is 1.30. The van der Waals surface area contributed by atoms with Gasteiger partial charge in [-0.1, -0.05) is 109 Å². The number of para-hydroxylation sites is 5. The van der Waals surface area contributed by atoms with Crippen molar-refractivity contribution in [3.05, 3.63) is 158 Å². The van der Waals surface area contributed by atoms with Gasteiger partial charge in [-0.25, -0.2) is 4.98 Å². The Bertz CT molecular complexity index is 3220. The van der Waals surface area contributed by atoms with Crippen molar-refractivity contribution in [3.8, 4) is 0 Å². The zero-order chi connectivity index (χ0) is 31.8. The summed E-state index contributed by atoms with van der Waals surface area (Å²) in [4.78, 5) is 7.76. The smallest absolute Gasteiger partial charge is 0.146 e. The van der Waals surface area contributed by atoms with Crippen molar-refractivity contribution in [2.45, 2.75) is 0 Å². The van der Waals surface area contributed by atoms with Crippen LogP contribution in [0.15, 0.2) is 158 Å². The van der Waals surface area contributed by atoms with Crippen LogP contribution in [-0.2, 0) is 0 Å². The molecule has 0 N–H and O–H groups in total. The molecule has 5 heterocycles. The first kappa shape index (κ1) is 25.4. The van der Waals surface area contributed by atoms with Gasteiger partial charge in [-0.2, -0.15) is 0 Å². The molecule has 0 radical (unpaired) electrons. The minimum atomic E-state index is 0.991. The molecule has 0 saturated heterocycles. The van der Waals surface area contributed by atoms with Gasteiger partial charge in [0, 0.05) is 54.5 Å². The normalized spacial score (nSPS) is 12.5. The lowest BCUT2D eigenvalue weighted by atomic mass is 9.99. The average molecular weight is 623 g/mol. The van der Waals surface area contributed by atoms with Gasteiger partial charge in [-0.05, 0) is 53.2 Å². The van der Waals surface area contributed by atoms with Crippen LogP contribution in [0.5, 0.6) is 0 Å². The monoisotopic (exact) mass is 622 g/mol. The molecule has 0 bridgehead atoms. The number of pyridine rings is 1. The molecular weight excluding hydrogens is 597 g/mol. The third-order valence-corrected chi connectivity index (χ3v) is 10.7. The maximum absolute atomic E-state index is 5.39. The van der Waals surface area contributed by atoms with Crippen LogP contribution < -0.4 is 4.90 Å². The van der Waals surface area contributed by atoms with Crippen LogP contribution in [0.1, 0.15) is 0 Å². The van der Waals surface area contributed by atoms with E-state index in [9.17, 15) is 0 Å². The molecule has 4 heteroatoms. The largest absolute Gasteiger partial charge is 0.308 e. The number of hydrogen-bond acceptors (Lipinski definition) is 2. The molecule has 12 rings (SSSR count). The number of nitrogens with zero attached hydrogens (tertiary/aromatic N) is 4. The molecule has 0 atom stereocenters. The molecule has 49 heavy (non-hydrogen) atoms. The highest BCUT2D eigenvalue weighted by Gasteiger charge is 2.27. The van der Waals surface area contributed by atoms with Crippen molar-refractivity contribution in [1.29, 1.82) is 0 Å². The Morgan fingerprint density at radius 3 is 1.84 bits per heavy atom. The third kappa shape index (κ3) is 3.07. The van der Waals surface area contributed by atoms with E-state index in [4.69, 9.17) is 4.98 Å². The van der Waals surface area contributed by atoms with Gasteiger partial charge in [0.15, 0.2) is 0 Å². The highest BCUT2D eigenvalue weighted by atomic mass is 15.2. The Morgan fingerprint density at radius 1 is 0.408 bits per heavy atom. The molecule has 0 aliphatic carbocycles. The standard InChI is InChI=1S/C45H26N4/c1-3-14-28(15-4-1)47(29-16-5-2-6-17-29)37-24-12-21-32-31-20-11-22-34-41-40-35-25-27-13-7-8-18-30(27)39-33-19-9-10-23-36(33)48(44(35)39)38(40)26-46-45(41)49(42(31)34)43(32)37/h1-26H. The summed E-state index contributed by atoms with van der Waals surface area (Å²) >= 11 is 0. The molecule has 0 fully saturated rings. The number of aromatic nitrogens is 3. The zero-order valence-corrected chi connectivity index (χ0v) is 26.3. The second-order valence-electron chi connectivity index (χ2n) is 13.2. The summed E-state index contributed by atoms with van der Waals surface area (Å²) in [6, 6.07) is 54.9. The summed E-state index contributed by atoms with van der Waals surface area (Å²) in [6.07, 6.45) is 2.11. The van der Waals surface area contributed by atoms with Crippen LogP contribution in [-0.4, -0.2) is 13.8 Å². The Labute approximate surface area is 279 Å². The van der Waals surface area contributed by atoms with E-state index in [1.165, 1.54) is 70.4 Å². The van der Waals surface area contributed by atoms with E-state index in [1.807, 2.05) is 0 Å². The lowest BCUT2D eigenvalue weighted by molar-refractivity contribution is 1.24. The van der Waals surface area contributed by atoms with Gasteiger partial charge < -0.3 is 9.30 Å². The van der Waals surface area contributed by atoms with Crippen molar-refractivity contribution in [2.24, 2.45) is 0 Å². The molecule has 0 saturated carbocycles. The van der Waals surface area contributed by atoms with Crippen molar-refractivity contribution in [2.75, 3.05) is 4.90 Å². The molecule has 0 unspecified atom stereocenters. The Morgan fingerprint density at radius 2 is 1.04 bits per heavy atom. The zero-order valence-electron chi connectivity index (χ0n) is 26.3.